The molecule has 0 aliphatic heterocycles. The maximum absolute atomic E-state index is 10.5. The van der Waals surface area contributed by atoms with Crippen LogP contribution in [0.3, 0.4) is 0 Å². The van der Waals surface area contributed by atoms with E-state index >= 15 is 0 Å². The Balaban J connectivity index is 1.11. The Morgan fingerprint density at radius 2 is 0.750 bits per heavy atom. The van der Waals surface area contributed by atoms with Gasteiger partial charge in [-0.3, -0.25) is 0 Å². The maximum atomic E-state index is 10.5. The molecule has 4 nitrogen and oxygen atoms in total. The molecular formula is C56H38N4. The summed E-state index contributed by atoms with van der Waals surface area (Å²) >= 11 is 0. The number of fused-ring (bicyclic) bond motifs is 2. The van der Waals surface area contributed by atoms with Gasteiger partial charge in [0.15, 0.2) is 5.69 Å². The molecule has 0 N–H and O–H groups in total. The maximum Gasteiger partial charge on any atom is 0.195 e. The molecule has 9 aromatic rings. The minimum atomic E-state index is 0.564. The zero-order valence-electron chi connectivity index (χ0n) is 32.7. The van der Waals surface area contributed by atoms with Gasteiger partial charge in [0.05, 0.1) is 18.2 Å². The van der Waals surface area contributed by atoms with Gasteiger partial charge in [-0.05, 0) is 117 Å². The molecule has 282 valence electrons. The molecule has 4 heteroatoms. The van der Waals surface area contributed by atoms with E-state index in [0.29, 0.717) is 11.3 Å². The fourth-order valence-corrected chi connectivity index (χ4v) is 7.95. The van der Waals surface area contributed by atoms with Gasteiger partial charge in [0.25, 0.3) is 0 Å². The van der Waals surface area contributed by atoms with Crippen molar-refractivity contribution in [2.75, 3.05) is 9.80 Å². The third-order valence-electron chi connectivity index (χ3n) is 10.7. The first-order valence-corrected chi connectivity index (χ1v) is 19.9. The van der Waals surface area contributed by atoms with Crippen LogP contribution in [0.15, 0.2) is 206 Å². The van der Waals surface area contributed by atoms with Crippen molar-refractivity contribution in [1.82, 2.24) is 0 Å². The first-order chi connectivity index (χ1) is 29.7. The number of hydrogen-bond donors (Lipinski definition) is 0. The summed E-state index contributed by atoms with van der Waals surface area (Å²) in [6.07, 6.45) is 8.38. The molecular weight excluding hydrogens is 729 g/mol. The summed E-state index contributed by atoms with van der Waals surface area (Å²) in [5.74, 6) is 0. The lowest BCUT2D eigenvalue weighted by atomic mass is 9.88. The monoisotopic (exact) mass is 766 g/mol. The third-order valence-corrected chi connectivity index (χ3v) is 10.7. The van der Waals surface area contributed by atoms with E-state index in [1.54, 1.807) is 0 Å². The lowest BCUT2D eigenvalue weighted by molar-refractivity contribution is 1.28. The van der Waals surface area contributed by atoms with Gasteiger partial charge in [0.2, 0.25) is 0 Å². The summed E-state index contributed by atoms with van der Waals surface area (Å²) < 4.78 is 0. The van der Waals surface area contributed by atoms with E-state index in [9.17, 15) is 5.26 Å². The zero-order chi connectivity index (χ0) is 40.7. The molecule has 0 fully saturated rings. The molecule has 0 aromatic heterocycles. The zero-order valence-corrected chi connectivity index (χ0v) is 32.7. The lowest BCUT2D eigenvalue weighted by Crippen LogP contribution is -2.09. The second-order valence-corrected chi connectivity index (χ2v) is 14.3. The standard InChI is InChI=1S/C56H38N4/c1-58-54-27-15-26-51-52(38-32-41-28-34-48(35-29-41)59(44-17-6-2-7-18-44)45-19-8-3-9-20-45)55-43(40-57)16-14-25-50(55)53(56(51)54)39-33-42-30-36-49(37-31-42)60(46-21-10-4-11-22-46)47-23-12-5-13-24-47/h2-39H. The number of benzene rings is 9. The molecule has 0 saturated heterocycles. The van der Waals surface area contributed by atoms with Crippen LogP contribution in [0.4, 0.5) is 39.8 Å². The number of anilines is 6. The van der Waals surface area contributed by atoms with Crippen molar-refractivity contribution in [3.63, 3.8) is 0 Å². The first-order valence-electron chi connectivity index (χ1n) is 19.9. The summed E-state index contributed by atoms with van der Waals surface area (Å²) in [4.78, 5) is 8.49. The van der Waals surface area contributed by atoms with Crippen LogP contribution >= 0.6 is 0 Å². The molecule has 0 saturated carbocycles. The van der Waals surface area contributed by atoms with E-state index < -0.39 is 0 Å². The van der Waals surface area contributed by atoms with Crippen molar-refractivity contribution < 1.29 is 0 Å². The van der Waals surface area contributed by atoms with Crippen LogP contribution in [0.25, 0.3) is 50.7 Å². The van der Waals surface area contributed by atoms with Gasteiger partial charge in [-0.25, -0.2) is 4.85 Å². The highest BCUT2D eigenvalue weighted by atomic mass is 15.1. The van der Waals surface area contributed by atoms with Crippen molar-refractivity contribution in [2.45, 2.75) is 0 Å². The van der Waals surface area contributed by atoms with Gasteiger partial charge in [0, 0.05) is 39.5 Å². The Kier molecular flexibility index (Phi) is 10.5. The fraction of sp³-hybridized carbons (Fsp3) is 0. The normalized spacial score (nSPS) is 11.2. The molecule has 0 radical (unpaired) electrons. The summed E-state index contributed by atoms with van der Waals surface area (Å²) in [5, 5.41) is 14.0. The van der Waals surface area contributed by atoms with Crippen molar-refractivity contribution in [1.29, 1.82) is 5.26 Å². The van der Waals surface area contributed by atoms with Crippen molar-refractivity contribution in [3.05, 3.63) is 245 Å². The number of nitrogens with zero attached hydrogens (tertiary/aromatic N) is 4. The molecule has 0 aliphatic rings. The van der Waals surface area contributed by atoms with E-state index in [2.05, 4.69) is 203 Å². The molecule has 0 spiro atoms. The average molecular weight is 767 g/mol. The molecule has 0 atom stereocenters. The highest BCUT2D eigenvalue weighted by Gasteiger charge is 2.18. The predicted octanol–water partition coefficient (Wildman–Crippen LogP) is 15.7. The second-order valence-electron chi connectivity index (χ2n) is 14.3. The number of rotatable bonds is 10. The third kappa shape index (κ3) is 7.41. The van der Waals surface area contributed by atoms with E-state index in [4.69, 9.17) is 6.57 Å². The van der Waals surface area contributed by atoms with Gasteiger partial charge < -0.3 is 9.80 Å². The van der Waals surface area contributed by atoms with E-state index in [-0.39, 0.29) is 0 Å². The fourth-order valence-electron chi connectivity index (χ4n) is 7.95. The summed E-state index contributed by atoms with van der Waals surface area (Å²) in [6.45, 7) is 8.22. The topological polar surface area (TPSA) is 34.6 Å². The van der Waals surface area contributed by atoms with Crippen LogP contribution in [-0.2, 0) is 0 Å². The molecule has 60 heavy (non-hydrogen) atoms. The number of hydrogen-bond acceptors (Lipinski definition) is 3. The molecule has 0 amide bonds. The Morgan fingerprint density at radius 1 is 0.383 bits per heavy atom. The van der Waals surface area contributed by atoms with E-state index in [1.165, 1.54) is 0 Å². The molecule has 0 aliphatic carbocycles. The molecule has 0 heterocycles. The Bertz CT molecular complexity index is 2780. The minimum Gasteiger partial charge on any atom is -0.311 e. The van der Waals surface area contributed by atoms with Crippen LogP contribution in [0.5, 0.6) is 0 Å². The van der Waals surface area contributed by atoms with Crippen LogP contribution in [0, 0.1) is 17.9 Å². The Hall–Kier alpha value is -8.44. The smallest absolute Gasteiger partial charge is 0.195 e. The van der Waals surface area contributed by atoms with E-state index in [0.717, 1.165) is 77.9 Å². The van der Waals surface area contributed by atoms with Crippen molar-refractivity contribution in [2.24, 2.45) is 0 Å². The van der Waals surface area contributed by atoms with E-state index in [1.807, 2.05) is 48.5 Å². The highest BCUT2D eigenvalue weighted by molar-refractivity contribution is 6.19. The quantitative estimate of drug-likeness (QED) is 0.0790. The summed E-state index contributed by atoms with van der Waals surface area (Å²) in [5.41, 5.74) is 11.4. The van der Waals surface area contributed by atoms with Crippen LogP contribution in [0.2, 0.25) is 0 Å². The summed E-state index contributed by atoms with van der Waals surface area (Å²) in [6, 6.07) is 72.7. The van der Waals surface area contributed by atoms with Crippen molar-refractivity contribution in [3.8, 4) is 6.07 Å². The molecule has 9 aromatic carbocycles. The average Bonchev–Trinajstić information content (AvgIpc) is 3.32. The molecule has 0 bridgehead atoms. The Labute approximate surface area is 350 Å². The number of nitriles is 1. The number of para-hydroxylation sites is 4. The van der Waals surface area contributed by atoms with Crippen LogP contribution in [-0.4, -0.2) is 0 Å². The van der Waals surface area contributed by atoms with Crippen LogP contribution in [0.1, 0.15) is 27.8 Å². The highest BCUT2D eigenvalue weighted by Crippen LogP contribution is 2.42. The van der Waals surface area contributed by atoms with Gasteiger partial charge in [0.1, 0.15) is 0 Å². The molecule has 0 unspecified atom stereocenters. The predicted molar refractivity (Wildman–Crippen MR) is 253 cm³/mol. The van der Waals surface area contributed by atoms with Gasteiger partial charge in [-0.15, -0.1) is 0 Å². The van der Waals surface area contributed by atoms with Gasteiger partial charge >= 0.3 is 0 Å². The van der Waals surface area contributed by atoms with Crippen molar-refractivity contribution >= 4 is 85.7 Å². The van der Waals surface area contributed by atoms with Gasteiger partial charge in [-0.1, -0.05) is 152 Å². The lowest BCUT2D eigenvalue weighted by Gasteiger charge is -2.25. The second kappa shape index (κ2) is 17.0. The SMILES string of the molecule is [C-]#[N+]c1cccc2c(C=Cc3ccc(N(c4ccccc4)c4ccccc4)cc3)c3c(C#N)cccc3c(C=Cc3ccc(N(c4ccccc4)c4ccccc4)cc3)c12. The Morgan fingerprint density at radius 3 is 1.15 bits per heavy atom. The summed E-state index contributed by atoms with van der Waals surface area (Å²) in [7, 11) is 0. The van der Waals surface area contributed by atoms with Gasteiger partial charge in [-0.2, -0.15) is 5.26 Å². The largest absolute Gasteiger partial charge is 0.311 e. The van der Waals surface area contributed by atoms with Crippen LogP contribution < -0.4 is 9.80 Å². The first kappa shape index (κ1) is 37.2. The molecule has 9 rings (SSSR count). The minimum absolute atomic E-state index is 0.564.